The van der Waals surface area contributed by atoms with Gasteiger partial charge in [-0.15, -0.1) is 0 Å². The Balaban J connectivity index is 3.42. The zero-order valence-electron chi connectivity index (χ0n) is 6.36. The molecule has 0 amide bonds. The van der Waals surface area contributed by atoms with E-state index in [0.29, 0.717) is 12.3 Å². The number of aliphatic hydroxyl groups excluding tert-OH is 1. The first kappa shape index (κ1) is 9.27. The summed E-state index contributed by atoms with van der Waals surface area (Å²) in [4.78, 5) is 2.55. The third kappa shape index (κ3) is 5.41. The fraction of sp³-hybridized carbons (Fsp3) is 1.00. The summed E-state index contributed by atoms with van der Waals surface area (Å²) in [6, 6.07) is 0. The van der Waals surface area contributed by atoms with Gasteiger partial charge in [-0.1, -0.05) is 19.0 Å². The zero-order chi connectivity index (χ0) is 7.98. The van der Waals surface area contributed by atoms with Crippen molar-refractivity contribution in [3.8, 4) is 0 Å². The molecule has 1 unspecified atom stereocenters. The van der Waals surface area contributed by atoms with Gasteiger partial charge in [0.25, 0.3) is 0 Å². The van der Waals surface area contributed by atoms with Gasteiger partial charge >= 0.3 is 0 Å². The van der Waals surface area contributed by atoms with E-state index in [1.165, 1.54) is 0 Å². The van der Waals surface area contributed by atoms with Crippen LogP contribution < -0.4 is 0 Å². The van der Waals surface area contributed by atoms with Crippen LogP contribution in [0.1, 0.15) is 20.3 Å². The second kappa shape index (κ2) is 5.09. The van der Waals surface area contributed by atoms with Crippen molar-refractivity contribution in [1.29, 1.82) is 0 Å². The van der Waals surface area contributed by atoms with Crippen LogP contribution in [0.15, 0.2) is 5.11 Å². The molecule has 0 aliphatic carbocycles. The van der Waals surface area contributed by atoms with E-state index in [-0.39, 0.29) is 6.54 Å². The molecule has 0 radical (unpaired) electrons. The van der Waals surface area contributed by atoms with Gasteiger partial charge in [0.1, 0.15) is 0 Å². The maximum atomic E-state index is 9.09. The number of azide groups is 1. The van der Waals surface area contributed by atoms with Crippen molar-refractivity contribution >= 4 is 0 Å². The van der Waals surface area contributed by atoms with E-state index in [0.717, 1.165) is 0 Å². The molecule has 10 heavy (non-hydrogen) atoms. The van der Waals surface area contributed by atoms with Crippen molar-refractivity contribution in [2.45, 2.75) is 26.4 Å². The minimum atomic E-state index is -0.476. The van der Waals surface area contributed by atoms with Crippen molar-refractivity contribution in [3.05, 3.63) is 10.4 Å². The van der Waals surface area contributed by atoms with Gasteiger partial charge in [-0.05, 0) is 17.9 Å². The number of hydrogen-bond acceptors (Lipinski definition) is 2. The molecular formula is C6H13N3O. The molecule has 0 spiro atoms. The van der Waals surface area contributed by atoms with Crippen LogP contribution >= 0.6 is 0 Å². The molecule has 58 valence electrons. The maximum Gasteiger partial charge on any atom is 0.0599 e. The minimum absolute atomic E-state index is 0.189. The summed E-state index contributed by atoms with van der Waals surface area (Å²) in [5.41, 5.74) is 7.90. The summed E-state index contributed by atoms with van der Waals surface area (Å²) < 4.78 is 0. The van der Waals surface area contributed by atoms with Gasteiger partial charge in [0.05, 0.1) is 12.6 Å². The molecule has 0 saturated carbocycles. The quantitative estimate of drug-likeness (QED) is 0.363. The van der Waals surface area contributed by atoms with Crippen LogP contribution in [0.4, 0.5) is 0 Å². The highest BCUT2D eigenvalue weighted by Gasteiger charge is 2.03. The number of nitrogens with zero attached hydrogens (tertiary/aromatic N) is 3. The molecular weight excluding hydrogens is 130 g/mol. The fourth-order valence-electron chi connectivity index (χ4n) is 0.749. The van der Waals surface area contributed by atoms with Gasteiger partial charge in [-0.2, -0.15) is 0 Å². The first-order valence-electron chi connectivity index (χ1n) is 3.35. The van der Waals surface area contributed by atoms with Crippen molar-refractivity contribution in [1.82, 2.24) is 0 Å². The monoisotopic (exact) mass is 143 g/mol. The van der Waals surface area contributed by atoms with E-state index in [1.54, 1.807) is 0 Å². The lowest BCUT2D eigenvalue weighted by Gasteiger charge is -2.08. The Labute approximate surface area is 60.5 Å². The molecule has 0 rings (SSSR count). The zero-order valence-corrected chi connectivity index (χ0v) is 6.36. The van der Waals surface area contributed by atoms with Crippen molar-refractivity contribution < 1.29 is 5.11 Å². The Bertz CT molecular complexity index is 129. The maximum absolute atomic E-state index is 9.09. The molecule has 0 saturated heterocycles. The lowest BCUT2D eigenvalue weighted by atomic mass is 10.1. The van der Waals surface area contributed by atoms with Crippen LogP contribution in [0, 0.1) is 5.92 Å². The predicted molar refractivity (Wildman–Crippen MR) is 39.5 cm³/mol. The lowest BCUT2D eigenvalue weighted by molar-refractivity contribution is 0.157. The van der Waals surface area contributed by atoms with Gasteiger partial charge < -0.3 is 5.11 Å². The second-order valence-electron chi connectivity index (χ2n) is 2.70. The molecule has 1 N–H and O–H groups in total. The lowest BCUT2D eigenvalue weighted by Crippen LogP contribution is -2.12. The highest BCUT2D eigenvalue weighted by Crippen LogP contribution is 2.04. The Morgan fingerprint density at radius 1 is 1.60 bits per heavy atom. The summed E-state index contributed by atoms with van der Waals surface area (Å²) in [6.45, 7) is 4.22. The summed E-state index contributed by atoms with van der Waals surface area (Å²) >= 11 is 0. The third-order valence-electron chi connectivity index (χ3n) is 1.10. The van der Waals surface area contributed by atoms with Crippen molar-refractivity contribution in [3.63, 3.8) is 0 Å². The van der Waals surface area contributed by atoms with E-state index >= 15 is 0 Å². The van der Waals surface area contributed by atoms with Crippen LogP contribution in [0.5, 0.6) is 0 Å². The molecule has 0 aliphatic heterocycles. The molecule has 0 aromatic heterocycles. The Hall–Kier alpha value is -0.730. The van der Waals surface area contributed by atoms with Crippen molar-refractivity contribution in [2.24, 2.45) is 11.0 Å². The van der Waals surface area contributed by atoms with Crippen LogP contribution in [0.3, 0.4) is 0 Å². The number of aliphatic hydroxyl groups is 1. The fourth-order valence-corrected chi connectivity index (χ4v) is 0.749. The summed E-state index contributed by atoms with van der Waals surface area (Å²) in [7, 11) is 0. The molecule has 1 atom stereocenters. The predicted octanol–water partition coefficient (Wildman–Crippen LogP) is 1.70. The normalized spacial score (nSPS) is 12.8. The average molecular weight is 143 g/mol. The highest BCUT2D eigenvalue weighted by atomic mass is 16.3. The largest absolute Gasteiger partial charge is 0.393 e. The standard InChI is InChI=1S/C6H13N3O/c1-5(2)3-6(10)4-8-9-7/h5-6,10H,3-4H2,1-2H3. The molecule has 0 aromatic rings. The van der Waals surface area contributed by atoms with E-state index in [4.69, 9.17) is 10.6 Å². The minimum Gasteiger partial charge on any atom is -0.393 e. The Kier molecular flexibility index (Phi) is 4.72. The molecule has 4 heteroatoms. The second-order valence-corrected chi connectivity index (χ2v) is 2.70. The van der Waals surface area contributed by atoms with E-state index in [9.17, 15) is 0 Å². The Morgan fingerprint density at radius 2 is 2.20 bits per heavy atom. The van der Waals surface area contributed by atoms with Crippen LogP contribution in [-0.2, 0) is 0 Å². The molecule has 4 nitrogen and oxygen atoms in total. The molecule has 0 aromatic carbocycles. The summed E-state index contributed by atoms with van der Waals surface area (Å²) in [5, 5.41) is 12.3. The van der Waals surface area contributed by atoms with Gasteiger partial charge in [0, 0.05) is 4.91 Å². The van der Waals surface area contributed by atoms with Crippen LogP contribution in [0.2, 0.25) is 0 Å². The molecule has 0 fully saturated rings. The number of rotatable bonds is 4. The van der Waals surface area contributed by atoms with Crippen LogP contribution in [-0.4, -0.2) is 17.8 Å². The van der Waals surface area contributed by atoms with Crippen molar-refractivity contribution in [2.75, 3.05) is 6.54 Å². The Morgan fingerprint density at radius 3 is 2.60 bits per heavy atom. The molecule has 0 aliphatic rings. The molecule has 0 bridgehead atoms. The topological polar surface area (TPSA) is 69.0 Å². The van der Waals surface area contributed by atoms with Gasteiger partial charge in [-0.3, -0.25) is 0 Å². The summed E-state index contributed by atoms with van der Waals surface area (Å²) in [6.07, 6.45) is 0.217. The van der Waals surface area contributed by atoms with Crippen LogP contribution in [0.25, 0.3) is 10.4 Å². The van der Waals surface area contributed by atoms with Gasteiger partial charge in [-0.25, -0.2) is 0 Å². The van der Waals surface area contributed by atoms with Gasteiger partial charge in [0.2, 0.25) is 0 Å². The smallest absolute Gasteiger partial charge is 0.0599 e. The third-order valence-corrected chi connectivity index (χ3v) is 1.10. The first-order chi connectivity index (χ1) is 4.66. The van der Waals surface area contributed by atoms with E-state index < -0.39 is 6.10 Å². The summed E-state index contributed by atoms with van der Waals surface area (Å²) in [5.74, 6) is 0.448. The van der Waals surface area contributed by atoms with Gasteiger partial charge in [0.15, 0.2) is 0 Å². The highest BCUT2D eigenvalue weighted by molar-refractivity contribution is 4.61. The number of hydrogen-bond donors (Lipinski definition) is 1. The average Bonchev–Trinajstić information content (AvgIpc) is 1.82. The molecule has 0 heterocycles. The van der Waals surface area contributed by atoms with E-state index in [2.05, 4.69) is 10.0 Å². The SMILES string of the molecule is CC(C)CC(O)CN=[N+]=[N-]. The first-order valence-corrected chi connectivity index (χ1v) is 3.35. The van der Waals surface area contributed by atoms with E-state index in [1.807, 2.05) is 13.8 Å².